The van der Waals surface area contributed by atoms with Gasteiger partial charge in [0.05, 0.1) is 24.6 Å². The first-order valence-corrected chi connectivity index (χ1v) is 9.69. The summed E-state index contributed by atoms with van der Waals surface area (Å²) in [6.45, 7) is 0. The van der Waals surface area contributed by atoms with Crippen molar-refractivity contribution in [1.82, 2.24) is 5.43 Å². The predicted octanol–water partition coefficient (Wildman–Crippen LogP) is 3.66. The molecule has 0 atom stereocenters. The van der Waals surface area contributed by atoms with Gasteiger partial charge < -0.3 is 14.8 Å². The van der Waals surface area contributed by atoms with Gasteiger partial charge in [-0.1, -0.05) is 29.8 Å². The second-order valence-corrected chi connectivity index (χ2v) is 6.76. The summed E-state index contributed by atoms with van der Waals surface area (Å²) in [5, 5.41) is 6.64. The summed E-state index contributed by atoms with van der Waals surface area (Å²) in [5.74, 6) is -1.63. The molecule has 2 N–H and O–H groups in total. The van der Waals surface area contributed by atoms with Gasteiger partial charge in [0, 0.05) is 5.02 Å². The van der Waals surface area contributed by atoms with Crippen LogP contribution in [0.3, 0.4) is 0 Å². The maximum atomic E-state index is 12.1. The molecule has 2 amide bonds. The van der Waals surface area contributed by atoms with Crippen LogP contribution in [0.2, 0.25) is 5.02 Å². The van der Waals surface area contributed by atoms with E-state index in [0.717, 1.165) is 0 Å². The van der Waals surface area contributed by atoms with E-state index in [2.05, 4.69) is 15.8 Å². The van der Waals surface area contributed by atoms with E-state index in [-0.39, 0.29) is 0 Å². The van der Waals surface area contributed by atoms with E-state index in [1.807, 2.05) is 0 Å². The van der Waals surface area contributed by atoms with Crippen LogP contribution in [0.1, 0.15) is 15.9 Å². The van der Waals surface area contributed by atoms with Crippen molar-refractivity contribution in [2.24, 2.45) is 5.10 Å². The number of benzene rings is 3. The van der Waals surface area contributed by atoms with E-state index in [0.29, 0.717) is 33.3 Å². The molecule has 3 aromatic carbocycles. The molecule has 8 nitrogen and oxygen atoms in total. The molecule has 0 radical (unpaired) electrons. The number of amides is 2. The Morgan fingerprint density at radius 1 is 0.938 bits per heavy atom. The number of methoxy groups -OCH3 is 1. The lowest BCUT2D eigenvalue weighted by molar-refractivity contribution is -0.136. The van der Waals surface area contributed by atoms with Crippen molar-refractivity contribution in [2.75, 3.05) is 12.4 Å². The van der Waals surface area contributed by atoms with Crippen LogP contribution in [0, 0.1) is 0 Å². The van der Waals surface area contributed by atoms with Crippen molar-refractivity contribution in [1.29, 1.82) is 0 Å². The molecule has 0 fully saturated rings. The number of hydrazone groups is 1. The second-order valence-electron chi connectivity index (χ2n) is 6.32. The maximum absolute atomic E-state index is 12.1. The smallest absolute Gasteiger partial charge is 0.343 e. The predicted molar refractivity (Wildman–Crippen MR) is 120 cm³/mol. The van der Waals surface area contributed by atoms with Crippen LogP contribution >= 0.6 is 11.6 Å². The van der Waals surface area contributed by atoms with Crippen molar-refractivity contribution >= 4 is 41.3 Å². The third-order valence-corrected chi connectivity index (χ3v) is 4.33. The fourth-order valence-corrected chi connectivity index (χ4v) is 2.74. The van der Waals surface area contributed by atoms with Gasteiger partial charge in [-0.05, 0) is 60.2 Å². The lowest BCUT2D eigenvalue weighted by Crippen LogP contribution is -2.32. The fourth-order valence-electron chi connectivity index (χ4n) is 2.55. The Kier molecular flexibility index (Phi) is 7.55. The first-order chi connectivity index (χ1) is 15.5. The molecule has 0 bridgehead atoms. The molecule has 32 heavy (non-hydrogen) atoms. The van der Waals surface area contributed by atoms with Gasteiger partial charge in [0.25, 0.3) is 0 Å². The lowest BCUT2D eigenvalue weighted by Gasteiger charge is -2.08. The second kappa shape index (κ2) is 10.7. The summed E-state index contributed by atoms with van der Waals surface area (Å²) >= 11 is 5.87. The van der Waals surface area contributed by atoms with E-state index >= 15 is 0 Å². The Balaban J connectivity index is 1.52. The monoisotopic (exact) mass is 451 g/mol. The largest absolute Gasteiger partial charge is 0.495 e. The van der Waals surface area contributed by atoms with Crippen LogP contribution in [0.15, 0.2) is 77.9 Å². The first-order valence-electron chi connectivity index (χ1n) is 9.31. The van der Waals surface area contributed by atoms with Crippen LogP contribution in [-0.2, 0) is 9.59 Å². The Morgan fingerprint density at radius 3 is 2.41 bits per heavy atom. The van der Waals surface area contributed by atoms with E-state index in [9.17, 15) is 14.4 Å². The minimum absolute atomic E-state index is 0.326. The highest BCUT2D eigenvalue weighted by molar-refractivity contribution is 6.39. The minimum Gasteiger partial charge on any atom is -0.495 e. The molecule has 0 unspecified atom stereocenters. The average molecular weight is 452 g/mol. The molecule has 0 saturated heterocycles. The number of hydrogen-bond donors (Lipinski definition) is 2. The zero-order chi connectivity index (χ0) is 22.9. The number of para-hydroxylation sites is 2. The molecule has 0 heterocycles. The standard InChI is InChI=1S/C23H18ClN3O5/c1-31-20-8-3-2-7-19(20)26-21(28)22(29)27-25-14-15-9-11-18(12-10-15)32-23(30)16-5-4-6-17(24)13-16/h2-14H,1H3,(H,26,28)(H,27,29)/b25-14-. The Morgan fingerprint density at radius 2 is 1.69 bits per heavy atom. The summed E-state index contributed by atoms with van der Waals surface area (Å²) < 4.78 is 10.4. The van der Waals surface area contributed by atoms with Crippen LogP contribution in [0.4, 0.5) is 5.69 Å². The Hall–Kier alpha value is -4.17. The van der Waals surface area contributed by atoms with E-state index < -0.39 is 17.8 Å². The normalized spacial score (nSPS) is 10.4. The van der Waals surface area contributed by atoms with Gasteiger partial charge in [-0.25, -0.2) is 10.2 Å². The SMILES string of the molecule is COc1ccccc1NC(=O)C(=O)N/N=C\c1ccc(OC(=O)c2cccc(Cl)c2)cc1. The third-order valence-electron chi connectivity index (χ3n) is 4.09. The number of esters is 1. The Bertz CT molecular complexity index is 1160. The van der Waals surface area contributed by atoms with Crippen molar-refractivity contribution in [2.45, 2.75) is 0 Å². The number of anilines is 1. The Labute approximate surface area is 188 Å². The zero-order valence-electron chi connectivity index (χ0n) is 16.9. The number of hydrogen-bond acceptors (Lipinski definition) is 6. The topological polar surface area (TPSA) is 106 Å². The van der Waals surface area contributed by atoms with Crippen molar-refractivity contribution < 1.29 is 23.9 Å². The third kappa shape index (κ3) is 6.16. The van der Waals surface area contributed by atoms with Gasteiger partial charge in [0.15, 0.2) is 0 Å². The first kappa shape index (κ1) is 22.5. The summed E-state index contributed by atoms with van der Waals surface area (Å²) in [6.07, 6.45) is 1.34. The molecule has 0 aromatic heterocycles. The number of halogens is 1. The molecule has 162 valence electrons. The number of nitrogens with zero attached hydrogens (tertiary/aromatic N) is 1. The van der Waals surface area contributed by atoms with E-state index in [4.69, 9.17) is 21.1 Å². The summed E-state index contributed by atoms with van der Waals surface area (Å²) in [6, 6.07) is 19.5. The van der Waals surface area contributed by atoms with Gasteiger partial charge in [-0.3, -0.25) is 9.59 Å². The van der Waals surface area contributed by atoms with Crippen LogP contribution in [0.5, 0.6) is 11.5 Å². The van der Waals surface area contributed by atoms with Gasteiger partial charge >= 0.3 is 17.8 Å². The van der Waals surface area contributed by atoms with Crippen LogP contribution in [-0.4, -0.2) is 31.1 Å². The minimum atomic E-state index is -0.945. The number of carbonyl (C=O) groups is 3. The summed E-state index contributed by atoms with van der Waals surface area (Å²) in [5.41, 5.74) is 3.45. The van der Waals surface area contributed by atoms with Crippen LogP contribution in [0.25, 0.3) is 0 Å². The van der Waals surface area contributed by atoms with Gasteiger partial charge in [0.1, 0.15) is 11.5 Å². The number of nitrogens with one attached hydrogen (secondary N) is 2. The van der Waals surface area contributed by atoms with Crippen LogP contribution < -0.4 is 20.2 Å². The van der Waals surface area contributed by atoms with Gasteiger partial charge in [-0.15, -0.1) is 0 Å². The van der Waals surface area contributed by atoms with Crippen molar-refractivity contribution in [3.05, 3.63) is 88.9 Å². The molecule has 0 aliphatic rings. The number of rotatable bonds is 6. The van der Waals surface area contributed by atoms with E-state index in [1.165, 1.54) is 19.4 Å². The van der Waals surface area contributed by atoms with E-state index in [1.54, 1.807) is 66.7 Å². The summed E-state index contributed by atoms with van der Waals surface area (Å²) in [7, 11) is 1.46. The molecule has 3 aromatic rings. The average Bonchev–Trinajstić information content (AvgIpc) is 2.80. The molecular weight excluding hydrogens is 434 g/mol. The maximum Gasteiger partial charge on any atom is 0.343 e. The van der Waals surface area contributed by atoms with Gasteiger partial charge in [-0.2, -0.15) is 5.10 Å². The number of carbonyl (C=O) groups excluding carboxylic acids is 3. The van der Waals surface area contributed by atoms with Crippen molar-refractivity contribution in [3.63, 3.8) is 0 Å². The molecule has 0 spiro atoms. The quantitative estimate of drug-likeness (QED) is 0.195. The molecular formula is C23H18ClN3O5. The summed E-state index contributed by atoms with van der Waals surface area (Å²) in [4.78, 5) is 36.1. The zero-order valence-corrected chi connectivity index (χ0v) is 17.6. The molecule has 0 aliphatic heterocycles. The fraction of sp³-hybridized carbons (Fsp3) is 0.0435. The number of ether oxygens (including phenoxy) is 2. The highest BCUT2D eigenvalue weighted by Gasteiger charge is 2.15. The molecule has 3 rings (SSSR count). The molecule has 9 heteroatoms. The molecule has 0 aliphatic carbocycles. The highest BCUT2D eigenvalue weighted by Crippen LogP contribution is 2.22. The molecule has 0 saturated carbocycles. The lowest BCUT2D eigenvalue weighted by atomic mass is 10.2. The van der Waals surface area contributed by atoms with Gasteiger partial charge in [0.2, 0.25) is 0 Å². The van der Waals surface area contributed by atoms with Crippen molar-refractivity contribution in [3.8, 4) is 11.5 Å². The highest BCUT2D eigenvalue weighted by atomic mass is 35.5.